The van der Waals surface area contributed by atoms with Crippen LogP contribution in [-0.2, 0) is 0 Å². The van der Waals surface area contributed by atoms with E-state index in [2.05, 4.69) is 28.3 Å². The maximum absolute atomic E-state index is 5.97. The molecular weight excluding hydrogens is 262 g/mol. The first kappa shape index (κ1) is 14.0. The molecule has 21 heavy (non-hydrogen) atoms. The molecule has 4 nitrogen and oxygen atoms in total. The number of rotatable bonds is 3. The lowest BCUT2D eigenvalue weighted by molar-refractivity contribution is 0.193. The van der Waals surface area contributed by atoms with Crippen molar-refractivity contribution in [3.05, 3.63) is 42.2 Å². The third kappa shape index (κ3) is 3.58. The standard InChI is InChI=1S/C17H21N3O/c1-13-6-2-3-8-16(13)17-19-11-15(12-20-17)21-14-7-4-5-9-18-10-14/h2-3,6,8,11-12,14,18H,4-5,7,9-10H2,1H3. The van der Waals surface area contributed by atoms with Crippen LogP contribution in [-0.4, -0.2) is 29.2 Å². The summed E-state index contributed by atoms with van der Waals surface area (Å²) in [5, 5.41) is 3.40. The van der Waals surface area contributed by atoms with Crippen LogP contribution in [0.25, 0.3) is 11.4 Å². The number of nitrogens with zero attached hydrogens (tertiary/aromatic N) is 2. The SMILES string of the molecule is Cc1ccccc1-c1ncc(OC2CCCCNC2)cn1. The van der Waals surface area contributed by atoms with E-state index in [-0.39, 0.29) is 6.10 Å². The number of hydrogen-bond acceptors (Lipinski definition) is 4. The smallest absolute Gasteiger partial charge is 0.159 e. The minimum Gasteiger partial charge on any atom is -0.486 e. The summed E-state index contributed by atoms with van der Waals surface area (Å²) in [6.45, 7) is 4.06. The summed E-state index contributed by atoms with van der Waals surface area (Å²) < 4.78 is 5.97. The van der Waals surface area contributed by atoms with E-state index in [0.717, 1.165) is 36.6 Å². The van der Waals surface area contributed by atoms with Crippen LogP contribution in [0.1, 0.15) is 24.8 Å². The molecule has 1 aliphatic rings. The van der Waals surface area contributed by atoms with Crippen molar-refractivity contribution in [3.63, 3.8) is 0 Å². The van der Waals surface area contributed by atoms with Gasteiger partial charge in [-0.05, 0) is 38.3 Å². The Morgan fingerprint density at radius 3 is 2.76 bits per heavy atom. The van der Waals surface area contributed by atoms with Crippen molar-refractivity contribution in [2.75, 3.05) is 13.1 Å². The first-order chi connectivity index (χ1) is 10.3. The Balaban J connectivity index is 1.70. The Kier molecular flexibility index (Phi) is 4.46. The first-order valence-corrected chi connectivity index (χ1v) is 7.58. The fraction of sp³-hybridized carbons (Fsp3) is 0.412. The molecule has 0 saturated carbocycles. The zero-order valence-electron chi connectivity index (χ0n) is 12.4. The van der Waals surface area contributed by atoms with Crippen LogP contribution < -0.4 is 10.1 Å². The Hall–Kier alpha value is -1.94. The Labute approximate surface area is 125 Å². The highest BCUT2D eigenvalue weighted by atomic mass is 16.5. The molecule has 1 aromatic carbocycles. The summed E-state index contributed by atoms with van der Waals surface area (Å²) in [4.78, 5) is 8.88. The van der Waals surface area contributed by atoms with Gasteiger partial charge in [0.2, 0.25) is 0 Å². The van der Waals surface area contributed by atoms with Crippen molar-refractivity contribution in [2.24, 2.45) is 0 Å². The van der Waals surface area contributed by atoms with Crippen LogP contribution in [0.2, 0.25) is 0 Å². The van der Waals surface area contributed by atoms with Crippen LogP contribution in [0.5, 0.6) is 5.75 Å². The van der Waals surface area contributed by atoms with Crippen molar-refractivity contribution in [2.45, 2.75) is 32.3 Å². The van der Waals surface area contributed by atoms with Gasteiger partial charge in [-0.25, -0.2) is 9.97 Å². The second kappa shape index (κ2) is 6.68. The van der Waals surface area contributed by atoms with Crippen molar-refractivity contribution < 1.29 is 4.74 Å². The van der Waals surface area contributed by atoms with Crippen LogP contribution in [0.4, 0.5) is 0 Å². The monoisotopic (exact) mass is 283 g/mol. The van der Waals surface area contributed by atoms with Crippen LogP contribution in [0.15, 0.2) is 36.7 Å². The third-order valence-electron chi connectivity index (χ3n) is 3.82. The summed E-state index contributed by atoms with van der Waals surface area (Å²) in [7, 11) is 0. The minimum atomic E-state index is 0.223. The first-order valence-electron chi connectivity index (χ1n) is 7.58. The van der Waals surface area contributed by atoms with E-state index in [9.17, 15) is 0 Å². The number of aryl methyl sites for hydroxylation is 1. The highest BCUT2D eigenvalue weighted by molar-refractivity contribution is 5.59. The Morgan fingerprint density at radius 1 is 1.14 bits per heavy atom. The minimum absolute atomic E-state index is 0.223. The van der Waals surface area contributed by atoms with E-state index in [0.29, 0.717) is 0 Å². The number of hydrogen-bond donors (Lipinski definition) is 1. The average molecular weight is 283 g/mol. The highest BCUT2D eigenvalue weighted by Gasteiger charge is 2.14. The largest absolute Gasteiger partial charge is 0.486 e. The third-order valence-corrected chi connectivity index (χ3v) is 3.82. The molecule has 1 N–H and O–H groups in total. The predicted octanol–water partition coefficient (Wildman–Crippen LogP) is 2.97. The van der Waals surface area contributed by atoms with Gasteiger partial charge >= 0.3 is 0 Å². The summed E-state index contributed by atoms with van der Waals surface area (Å²) in [5.74, 6) is 1.50. The molecule has 0 amide bonds. The summed E-state index contributed by atoms with van der Waals surface area (Å²) in [6, 6.07) is 8.14. The lowest BCUT2D eigenvalue weighted by atomic mass is 10.1. The second-order valence-electron chi connectivity index (χ2n) is 5.50. The molecule has 1 saturated heterocycles. The number of nitrogens with one attached hydrogen (secondary N) is 1. The quantitative estimate of drug-likeness (QED) is 0.940. The molecule has 4 heteroatoms. The van der Waals surface area contributed by atoms with Gasteiger partial charge in [0.15, 0.2) is 11.6 Å². The molecule has 0 radical (unpaired) electrons. The fourth-order valence-corrected chi connectivity index (χ4v) is 2.62. The lowest BCUT2D eigenvalue weighted by Gasteiger charge is -2.16. The van der Waals surface area contributed by atoms with Gasteiger partial charge in [-0.15, -0.1) is 0 Å². The molecular formula is C17H21N3O. The van der Waals surface area contributed by atoms with Crippen LogP contribution in [0.3, 0.4) is 0 Å². The second-order valence-corrected chi connectivity index (χ2v) is 5.50. The predicted molar refractivity (Wildman–Crippen MR) is 83.3 cm³/mol. The molecule has 3 rings (SSSR count). The molecule has 0 spiro atoms. The summed E-state index contributed by atoms with van der Waals surface area (Å²) >= 11 is 0. The molecule has 1 aliphatic heterocycles. The van der Waals surface area contributed by atoms with Gasteiger partial charge in [-0.3, -0.25) is 0 Å². The van der Waals surface area contributed by atoms with Crippen LogP contribution in [0, 0.1) is 6.92 Å². The van der Waals surface area contributed by atoms with E-state index >= 15 is 0 Å². The fourth-order valence-electron chi connectivity index (χ4n) is 2.62. The van der Waals surface area contributed by atoms with Crippen LogP contribution >= 0.6 is 0 Å². The topological polar surface area (TPSA) is 47.0 Å². The van der Waals surface area contributed by atoms with E-state index in [1.165, 1.54) is 18.4 Å². The maximum Gasteiger partial charge on any atom is 0.159 e. The number of benzene rings is 1. The lowest BCUT2D eigenvalue weighted by Crippen LogP contribution is -2.29. The molecule has 2 heterocycles. The molecule has 1 atom stereocenters. The van der Waals surface area contributed by atoms with Crippen molar-refractivity contribution in [1.29, 1.82) is 0 Å². The zero-order chi connectivity index (χ0) is 14.5. The van der Waals surface area contributed by atoms with E-state index < -0.39 is 0 Å². The molecule has 1 aromatic heterocycles. The molecule has 0 bridgehead atoms. The normalized spacial score (nSPS) is 19.0. The average Bonchev–Trinajstić information content (AvgIpc) is 2.77. The molecule has 110 valence electrons. The van der Waals surface area contributed by atoms with Gasteiger partial charge in [0.05, 0.1) is 12.4 Å². The van der Waals surface area contributed by atoms with Gasteiger partial charge in [-0.1, -0.05) is 24.3 Å². The Morgan fingerprint density at radius 2 is 1.95 bits per heavy atom. The molecule has 2 aromatic rings. The molecule has 0 aliphatic carbocycles. The highest BCUT2D eigenvalue weighted by Crippen LogP contribution is 2.21. The van der Waals surface area contributed by atoms with E-state index in [1.54, 1.807) is 12.4 Å². The van der Waals surface area contributed by atoms with Gasteiger partial charge in [0.25, 0.3) is 0 Å². The number of aromatic nitrogens is 2. The number of ether oxygens (including phenoxy) is 1. The summed E-state index contributed by atoms with van der Waals surface area (Å²) in [6.07, 6.45) is 7.30. The van der Waals surface area contributed by atoms with Gasteiger partial charge in [0, 0.05) is 12.1 Å². The van der Waals surface area contributed by atoms with Gasteiger partial charge < -0.3 is 10.1 Å². The molecule has 1 fully saturated rings. The van der Waals surface area contributed by atoms with Gasteiger partial charge in [-0.2, -0.15) is 0 Å². The van der Waals surface area contributed by atoms with Gasteiger partial charge in [0.1, 0.15) is 6.10 Å². The van der Waals surface area contributed by atoms with E-state index in [1.807, 2.05) is 18.2 Å². The molecule has 1 unspecified atom stereocenters. The van der Waals surface area contributed by atoms with Crippen molar-refractivity contribution in [3.8, 4) is 17.1 Å². The van der Waals surface area contributed by atoms with E-state index in [4.69, 9.17) is 4.74 Å². The summed E-state index contributed by atoms with van der Waals surface area (Å²) in [5.41, 5.74) is 2.25. The van der Waals surface area contributed by atoms with Crippen molar-refractivity contribution in [1.82, 2.24) is 15.3 Å². The van der Waals surface area contributed by atoms with Crippen molar-refractivity contribution >= 4 is 0 Å². The zero-order valence-corrected chi connectivity index (χ0v) is 12.4. The maximum atomic E-state index is 5.97. The Bertz CT molecular complexity index is 575.